The van der Waals surface area contributed by atoms with Gasteiger partial charge in [-0.15, -0.1) is 0 Å². The molecule has 96 valence electrons. The van der Waals surface area contributed by atoms with Gasteiger partial charge in [-0.05, 0) is 35.0 Å². The second-order valence-electron chi connectivity index (χ2n) is 4.72. The van der Waals surface area contributed by atoms with Gasteiger partial charge in [0.05, 0.1) is 15.8 Å². The largest absolute Gasteiger partial charge is 0.273 e. The predicted octanol–water partition coefficient (Wildman–Crippen LogP) is 4.21. The number of fused-ring (bicyclic) bond motifs is 2. The van der Waals surface area contributed by atoms with Crippen LogP contribution in [-0.4, -0.2) is 3.96 Å². The van der Waals surface area contributed by atoms with Crippen LogP contribution in [0.3, 0.4) is 0 Å². The summed E-state index contributed by atoms with van der Waals surface area (Å²) in [6, 6.07) is 22.0. The third-order valence-corrected chi connectivity index (χ3v) is 4.57. The maximum atomic E-state index is 12.4. The average Bonchev–Trinajstić information content (AvgIpc) is 2.84. The second kappa shape index (κ2) is 4.32. The molecule has 0 aliphatic rings. The molecule has 20 heavy (non-hydrogen) atoms. The monoisotopic (exact) mass is 277 g/mol. The molecular weight excluding hydrogens is 266 g/mol. The molecular formula is C17H11NOS. The molecule has 0 unspecified atom stereocenters. The second-order valence-corrected chi connectivity index (χ2v) is 5.71. The Bertz CT molecular complexity index is 981. The topological polar surface area (TPSA) is 22.0 Å². The van der Waals surface area contributed by atoms with Crippen molar-refractivity contribution < 1.29 is 0 Å². The Hall–Kier alpha value is -2.39. The van der Waals surface area contributed by atoms with Gasteiger partial charge in [0, 0.05) is 0 Å². The van der Waals surface area contributed by atoms with Crippen molar-refractivity contribution in [3.05, 3.63) is 77.1 Å². The van der Waals surface area contributed by atoms with E-state index in [1.807, 2.05) is 42.5 Å². The summed E-state index contributed by atoms with van der Waals surface area (Å²) in [4.78, 5) is 12.4. The molecule has 0 atom stereocenters. The summed E-state index contributed by atoms with van der Waals surface area (Å²) in [7, 11) is 0. The Balaban J connectivity index is 2.01. The predicted molar refractivity (Wildman–Crippen MR) is 84.9 cm³/mol. The molecule has 0 N–H and O–H groups in total. The van der Waals surface area contributed by atoms with Crippen molar-refractivity contribution in [3.8, 4) is 5.69 Å². The number of rotatable bonds is 1. The van der Waals surface area contributed by atoms with Gasteiger partial charge < -0.3 is 0 Å². The van der Waals surface area contributed by atoms with E-state index in [4.69, 9.17) is 0 Å². The van der Waals surface area contributed by atoms with Crippen LogP contribution >= 0.6 is 11.5 Å². The van der Waals surface area contributed by atoms with Crippen molar-refractivity contribution >= 4 is 32.4 Å². The Morgan fingerprint density at radius 2 is 1.55 bits per heavy atom. The van der Waals surface area contributed by atoms with E-state index in [1.54, 1.807) is 3.96 Å². The summed E-state index contributed by atoms with van der Waals surface area (Å²) in [5.74, 6) is 0. The number of nitrogens with zero attached hydrogens (tertiary/aromatic N) is 1. The van der Waals surface area contributed by atoms with Gasteiger partial charge in [0.1, 0.15) is 0 Å². The number of hydrogen-bond donors (Lipinski definition) is 0. The third-order valence-electron chi connectivity index (χ3n) is 3.46. The van der Waals surface area contributed by atoms with Crippen LogP contribution in [0.5, 0.6) is 0 Å². The lowest BCUT2D eigenvalue weighted by Gasteiger charge is -2.02. The van der Waals surface area contributed by atoms with Gasteiger partial charge in [-0.25, -0.2) is 3.96 Å². The molecule has 1 heterocycles. The van der Waals surface area contributed by atoms with Gasteiger partial charge in [0.2, 0.25) is 0 Å². The van der Waals surface area contributed by atoms with Crippen molar-refractivity contribution in [3.63, 3.8) is 0 Å². The molecule has 0 fully saturated rings. The number of aromatic nitrogens is 1. The Morgan fingerprint density at radius 1 is 0.800 bits per heavy atom. The first-order valence-corrected chi connectivity index (χ1v) is 7.20. The van der Waals surface area contributed by atoms with Gasteiger partial charge >= 0.3 is 0 Å². The molecule has 0 aliphatic carbocycles. The molecule has 0 radical (unpaired) electrons. The maximum Gasteiger partial charge on any atom is 0.273 e. The molecule has 0 saturated heterocycles. The number of hydrogen-bond acceptors (Lipinski definition) is 2. The molecule has 2 nitrogen and oxygen atoms in total. The highest BCUT2D eigenvalue weighted by atomic mass is 32.1. The van der Waals surface area contributed by atoms with Crippen molar-refractivity contribution in [2.75, 3.05) is 0 Å². The molecule has 0 spiro atoms. The lowest BCUT2D eigenvalue weighted by Crippen LogP contribution is -2.10. The zero-order valence-electron chi connectivity index (χ0n) is 10.6. The molecule has 3 aromatic carbocycles. The van der Waals surface area contributed by atoms with E-state index in [-0.39, 0.29) is 5.56 Å². The van der Waals surface area contributed by atoms with Gasteiger partial charge in [-0.3, -0.25) is 4.79 Å². The molecule has 0 bridgehead atoms. The summed E-state index contributed by atoms with van der Waals surface area (Å²) in [6.07, 6.45) is 0. The van der Waals surface area contributed by atoms with Crippen molar-refractivity contribution in [2.45, 2.75) is 0 Å². The fraction of sp³-hybridized carbons (Fsp3) is 0. The van der Waals surface area contributed by atoms with Crippen LogP contribution in [0.2, 0.25) is 0 Å². The first-order valence-electron chi connectivity index (χ1n) is 6.43. The molecule has 0 amide bonds. The Labute approximate surface area is 119 Å². The summed E-state index contributed by atoms with van der Waals surface area (Å²) in [6.45, 7) is 0. The summed E-state index contributed by atoms with van der Waals surface area (Å²) in [5, 5.41) is 3.12. The fourth-order valence-electron chi connectivity index (χ4n) is 2.45. The van der Waals surface area contributed by atoms with Crippen LogP contribution in [0.15, 0.2) is 71.5 Å². The minimum absolute atomic E-state index is 0.0564. The van der Waals surface area contributed by atoms with Crippen molar-refractivity contribution in [1.29, 1.82) is 0 Å². The van der Waals surface area contributed by atoms with E-state index in [2.05, 4.69) is 24.3 Å². The van der Waals surface area contributed by atoms with E-state index in [0.29, 0.717) is 0 Å². The number of benzene rings is 3. The summed E-state index contributed by atoms with van der Waals surface area (Å²) < 4.78 is 2.78. The van der Waals surface area contributed by atoms with E-state index in [0.717, 1.165) is 21.2 Å². The SMILES string of the molecule is O=c1c2ccccc2sn1-c1ccc2ccccc2c1. The summed E-state index contributed by atoms with van der Waals surface area (Å²) >= 11 is 1.49. The van der Waals surface area contributed by atoms with Gasteiger partial charge in [-0.1, -0.05) is 54.0 Å². The first-order chi connectivity index (χ1) is 9.83. The quantitative estimate of drug-likeness (QED) is 0.511. The molecule has 0 aliphatic heterocycles. The minimum atomic E-state index is 0.0564. The van der Waals surface area contributed by atoms with Crippen LogP contribution < -0.4 is 5.56 Å². The smallest absolute Gasteiger partial charge is 0.267 e. The van der Waals surface area contributed by atoms with Gasteiger partial charge in [0.25, 0.3) is 5.56 Å². The lowest BCUT2D eigenvalue weighted by atomic mass is 10.1. The van der Waals surface area contributed by atoms with E-state index in [9.17, 15) is 4.79 Å². The average molecular weight is 277 g/mol. The zero-order valence-corrected chi connectivity index (χ0v) is 11.4. The molecule has 4 aromatic rings. The van der Waals surface area contributed by atoms with Crippen LogP contribution in [-0.2, 0) is 0 Å². The van der Waals surface area contributed by atoms with Gasteiger partial charge in [0.15, 0.2) is 0 Å². The van der Waals surface area contributed by atoms with Crippen LogP contribution in [0.25, 0.3) is 26.5 Å². The van der Waals surface area contributed by atoms with Crippen LogP contribution in [0, 0.1) is 0 Å². The Morgan fingerprint density at radius 3 is 2.40 bits per heavy atom. The maximum absolute atomic E-state index is 12.4. The minimum Gasteiger partial charge on any atom is -0.267 e. The standard InChI is InChI=1S/C17H11NOS/c19-17-15-7-3-4-8-16(15)20-18(17)14-10-9-12-5-1-2-6-13(12)11-14/h1-11H. The van der Waals surface area contributed by atoms with Gasteiger partial charge in [-0.2, -0.15) is 0 Å². The molecule has 3 heteroatoms. The molecule has 4 rings (SSSR count). The van der Waals surface area contributed by atoms with E-state index < -0.39 is 0 Å². The third kappa shape index (κ3) is 1.67. The van der Waals surface area contributed by atoms with Crippen molar-refractivity contribution in [2.24, 2.45) is 0 Å². The highest BCUT2D eigenvalue weighted by molar-refractivity contribution is 7.14. The van der Waals surface area contributed by atoms with Crippen molar-refractivity contribution in [1.82, 2.24) is 3.96 Å². The highest BCUT2D eigenvalue weighted by Crippen LogP contribution is 2.22. The van der Waals surface area contributed by atoms with Crippen LogP contribution in [0.1, 0.15) is 0 Å². The van der Waals surface area contributed by atoms with E-state index >= 15 is 0 Å². The molecule has 1 aromatic heterocycles. The fourth-order valence-corrected chi connectivity index (χ4v) is 3.44. The van der Waals surface area contributed by atoms with E-state index in [1.165, 1.54) is 16.9 Å². The first kappa shape index (κ1) is 11.4. The zero-order chi connectivity index (χ0) is 13.5. The molecule has 0 saturated carbocycles. The lowest BCUT2D eigenvalue weighted by molar-refractivity contribution is 1.15. The van der Waals surface area contributed by atoms with Crippen LogP contribution in [0.4, 0.5) is 0 Å². The normalized spacial score (nSPS) is 11.2. The summed E-state index contributed by atoms with van der Waals surface area (Å²) in [5.41, 5.74) is 0.982. The highest BCUT2D eigenvalue weighted by Gasteiger charge is 2.08. The Kier molecular flexibility index (Phi) is 2.47.